The highest BCUT2D eigenvalue weighted by Gasteiger charge is 2.43. The molecule has 4 atom stereocenters. The first-order valence-corrected chi connectivity index (χ1v) is 12.4. The minimum atomic E-state index is -0.199. The molecule has 0 aromatic heterocycles. The lowest BCUT2D eigenvalue weighted by molar-refractivity contribution is -0.130. The first-order chi connectivity index (χ1) is 15.0. The van der Waals surface area contributed by atoms with E-state index in [1.807, 2.05) is 18.7 Å². The van der Waals surface area contributed by atoms with E-state index in [9.17, 15) is 9.90 Å². The average molecular weight is 424 g/mol. The highest BCUT2D eigenvalue weighted by Crippen LogP contribution is 2.48. The van der Waals surface area contributed by atoms with Gasteiger partial charge in [-0.15, -0.1) is 0 Å². The highest BCUT2D eigenvalue weighted by atomic mass is 16.3. The molecule has 0 unspecified atom stereocenters. The predicted molar refractivity (Wildman–Crippen MR) is 129 cm³/mol. The van der Waals surface area contributed by atoms with Crippen LogP contribution in [0.3, 0.4) is 0 Å². The molecule has 0 bridgehead atoms. The summed E-state index contributed by atoms with van der Waals surface area (Å²) in [4.78, 5) is 14.1. The van der Waals surface area contributed by atoms with E-state index in [0.717, 1.165) is 58.0 Å². The van der Waals surface area contributed by atoms with Gasteiger partial charge in [-0.1, -0.05) is 53.6 Å². The molecule has 0 radical (unpaired) electrons. The second kappa shape index (κ2) is 11.7. The van der Waals surface area contributed by atoms with Gasteiger partial charge in [0.1, 0.15) is 0 Å². The van der Waals surface area contributed by atoms with Crippen LogP contribution < -0.4 is 0 Å². The third kappa shape index (κ3) is 6.55. The van der Waals surface area contributed by atoms with Crippen LogP contribution in [0.2, 0.25) is 0 Å². The first kappa shape index (κ1) is 23.8. The standard InChI is InChI=1S/C28H41NO2/c1-4-29(5-2)28(31)16-9-7-13-23-18-24-20-27(30)25(26(24)19-23)15-8-6-12-22-14-10-11-21(3)17-22/h8,10-11,14-15,17-18,24-27,30H,4-7,9,12-13,16,19-20H2,1-3H3/t24-,25+,26-,27+/m0/s1. The number of fused-ring (bicyclic) bond motifs is 1. The van der Waals surface area contributed by atoms with Gasteiger partial charge in [0.2, 0.25) is 5.91 Å². The van der Waals surface area contributed by atoms with Gasteiger partial charge in [0, 0.05) is 25.4 Å². The van der Waals surface area contributed by atoms with Crippen molar-refractivity contribution in [2.24, 2.45) is 17.8 Å². The number of benzene rings is 1. The zero-order valence-corrected chi connectivity index (χ0v) is 19.7. The number of carbonyl (C=O) groups is 1. The maximum atomic E-state index is 12.1. The molecule has 1 amide bonds. The third-order valence-electron chi connectivity index (χ3n) is 7.25. The smallest absolute Gasteiger partial charge is 0.222 e. The summed E-state index contributed by atoms with van der Waals surface area (Å²) in [5.41, 5.74) is 4.26. The third-order valence-corrected chi connectivity index (χ3v) is 7.25. The summed E-state index contributed by atoms with van der Waals surface area (Å²) >= 11 is 0. The summed E-state index contributed by atoms with van der Waals surface area (Å²) in [6, 6.07) is 8.73. The second-order valence-corrected chi connectivity index (χ2v) is 9.47. The van der Waals surface area contributed by atoms with Gasteiger partial charge in [0.15, 0.2) is 0 Å². The topological polar surface area (TPSA) is 40.5 Å². The summed E-state index contributed by atoms with van der Waals surface area (Å²) < 4.78 is 0. The Kier molecular flexibility index (Phi) is 8.95. The zero-order chi connectivity index (χ0) is 22.2. The van der Waals surface area contributed by atoms with Crippen molar-refractivity contribution < 1.29 is 9.90 Å². The van der Waals surface area contributed by atoms with Gasteiger partial charge >= 0.3 is 0 Å². The van der Waals surface area contributed by atoms with Gasteiger partial charge in [-0.3, -0.25) is 4.79 Å². The lowest BCUT2D eigenvalue weighted by Crippen LogP contribution is -2.30. The lowest BCUT2D eigenvalue weighted by Gasteiger charge is -2.19. The Morgan fingerprint density at radius 1 is 1.19 bits per heavy atom. The Morgan fingerprint density at radius 2 is 2.00 bits per heavy atom. The molecule has 0 heterocycles. The Bertz CT molecular complexity index is 777. The summed E-state index contributed by atoms with van der Waals surface area (Å²) in [6.07, 6.45) is 14.8. The first-order valence-electron chi connectivity index (χ1n) is 12.4. The van der Waals surface area contributed by atoms with Crippen molar-refractivity contribution in [3.05, 3.63) is 59.2 Å². The number of allylic oxidation sites excluding steroid dienone is 3. The van der Waals surface area contributed by atoms with E-state index < -0.39 is 0 Å². The van der Waals surface area contributed by atoms with Crippen LogP contribution in [0.4, 0.5) is 0 Å². The maximum absolute atomic E-state index is 12.1. The van der Waals surface area contributed by atoms with Crippen LogP contribution in [-0.4, -0.2) is 35.1 Å². The van der Waals surface area contributed by atoms with E-state index in [2.05, 4.69) is 49.4 Å². The zero-order valence-electron chi connectivity index (χ0n) is 19.7. The van der Waals surface area contributed by atoms with Crippen LogP contribution >= 0.6 is 0 Å². The molecule has 1 aromatic rings. The Labute approximate surface area is 189 Å². The number of unbranched alkanes of at least 4 members (excludes halogenated alkanes) is 1. The van der Waals surface area contributed by atoms with Gasteiger partial charge in [-0.05, 0) is 83.1 Å². The molecule has 1 aromatic carbocycles. The fourth-order valence-corrected chi connectivity index (χ4v) is 5.52. The molecule has 3 rings (SSSR count). The van der Waals surface area contributed by atoms with Crippen molar-refractivity contribution in [2.75, 3.05) is 13.1 Å². The Morgan fingerprint density at radius 3 is 2.74 bits per heavy atom. The van der Waals surface area contributed by atoms with Gasteiger partial charge in [0.05, 0.1) is 6.10 Å². The molecule has 2 aliphatic rings. The summed E-state index contributed by atoms with van der Waals surface area (Å²) in [7, 11) is 0. The minimum Gasteiger partial charge on any atom is -0.392 e. The molecular formula is C28H41NO2. The maximum Gasteiger partial charge on any atom is 0.222 e. The van der Waals surface area contributed by atoms with E-state index in [0.29, 0.717) is 30.1 Å². The quantitative estimate of drug-likeness (QED) is 0.358. The lowest BCUT2D eigenvalue weighted by atomic mass is 9.88. The summed E-state index contributed by atoms with van der Waals surface area (Å²) in [6.45, 7) is 7.86. The molecule has 1 fully saturated rings. The monoisotopic (exact) mass is 423 g/mol. The van der Waals surface area contributed by atoms with Crippen molar-refractivity contribution >= 4 is 5.91 Å². The number of amides is 1. The van der Waals surface area contributed by atoms with Gasteiger partial charge in [-0.2, -0.15) is 0 Å². The molecule has 170 valence electrons. The van der Waals surface area contributed by atoms with Crippen molar-refractivity contribution in [3.63, 3.8) is 0 Å². The fourth-order valence-electron chi connectivity index (χ4n) is 5.52. The van der Waals surface area contributed by atoms with E-state index in [1.54, 1.807) is 5.57 Å². The number of carbonyl (C=O) groups excluding carboxylic acids is 1. The van der Waals surface area contributed by atoms with Crippen molar-refractivity contribution in [1.82, 2.24) is 4.90 Å². The van der Waals surface area contributed by atoms with Crippen LogP contribution in [0.15, 0.2) is 48.1 Å². The number of nitrogens with zero attached hydrogens (tertiary/aromatic N) is 1. The van der Waals surface area contributed by atoms with Crippen LogP contribution in [0.1, 0.15) is 69.9 Å². The SMILES string of the molecule is CCN(CC)C(=O)CCCCC1=C[C@H]2C[C@@H](O)[C@H](C=CCCc3cccc(C)c3)[C@H]2C1. The fraction of sp³-hybridized carbons (Fsp3) is 0.607. The molecule has 3 heteroatoms. The van der Waals surface area contributed by atoms with Crippen LogP contribution in [0.25, 0.3) is 0 Å². The molecule has 0 spiro atoms. The number of aryl methyl sites for hydroxylation is 2. The van der Waals surface area contributed by atoms with Gasteiger partial charge in [-0.25, -0.2) is 0 Å². The molecule has 31 heavy (non-hydrogen) atoms. The van der Waals surface area contributed by atoms with Crippen molar-refractivity contribution in [3.8, 4) is 0 Å². The van der Waals surface area contributed by atoms with Gasteiger partial charge in [0.25, 0.3) is 0 Å². The van der Waals surface area contributed by atoms with E-state index >= 15 is 0 Å². The second-order valence-electron chi connectivity index (χ2n) is 9.47. The number of rotatable bonds is 11. The normalized spacial score (nSPS) is 25.1. The predicted octanol–water partition coefficient (Wildman–Crippen LogP) is 5.86. The number of hydrogen-bond acceptors (Lipinski definition) is 2. The van der Waals surface area contributed by atoms with Crippen LogP contribution in [0.5, 0.6) is 0 Å². The molecule has 3 nitrogen and oxygen atoms in total. The highest BCUT2D eigenvalue weighted by molar-refractivity contribution is 5.76. The van der Waals surface area contributed by atoms with Gasteiger partial charge < -0.3 is 10.0 Å². The van der Waals surface area contributed by atoms with E-state index in [1.165, 1.54) is 11.1 Å². The number of aliphatic hydroxyl groups excluding tert-OH is 1. The van der Waals surface area contributed by atoms with E-state index in [4.69, 9.17) is 0 Å². The number of hydrogen-bond donors (Lipinski definition) is 1. The van der Waals surface area contributed by atoms with Crippen LogP contribution in [-0.2, 0) is 11.2 Å². The molecular weight excluding hydrogens is 382 g/mol. The van der Waals surface area contributed by atoms with Crippen LogP contribution in [0, 0.1) is 24.7 Å². The van der Waals surface area contributed by atoms with Crippen molar-refractivity contribution in [1.29, 1.82) is 0 Å². The van der Waals surface area contributed by atoms with E-state index in [-0.39, 0.29) is 6.10 Å². The summed E-state index contributed by atoms with van der Waals surface area (Å²) in [5, 5.41) is 10.6. The molecule has 1 N–H and O–H groups in total. The van der Waals surface area contributed by atoms with Crippen molar-refractivity contribution in [2.45, 2.75) is 78.2 Å². The summed E-state index contributed by atoms with van der Waals surface area (Å²) in [5.74, 6) is 1.69. The molecule has 2 aliphatic carbocycles. The average Bonchev–Trinajstić information content (AvgIpc) is 3.26. The largest absolute Gasteiger partial charge is 0.392 e. The molecule has 0 saturated heterocycles. The Hall–Kier alpha value is -1.87. The number of aliphatic hydroxyl groups is 1. The minimum absolute atomic E-state index is 0.199. The molecule has 0 aliphatic heterocycles. The Balaban J connectivity index is 1.41. The molecule has 1 saturated carbocycles.